The molecule has 1 heterocycles. The van der Waals surface area contributed by atoms with Gasteiger partial charge in [-0.3, -0.25) is 9.69 Å². The van der Waals surface area contributed by atoms with Gasteiger partial charge in [0.05, 0.1) is 11.6 Å². The predicted octanol–water partition coefficient (Wildman–Crippen LogP) is 5.49. The Hall–Kier alpha value is -4.92. The lowest BCUT2D eigenvalue weighted by Crippen LogP contribution is -2.36. The maximum absolute atomic E-state index is 12.1. The van der Waals surface area contributed by atoms with Crippen molar-refractivity contribution in [2.75, 3.05) is 24.5 Å². The van der Waals surface area contributed by atoms with Crippen molar-refractivity contribution in [3.05, 3.63) is 142 Å². The van der Waals surface area contributed by atoms with Crippen molar-refractivity contribution in [2.45, 2.75) is 32.0 Å². The van der Waals surface area contributed by atoms with Crippen molar-refractivity contribution < 1.29 is 14.6 Å². The van der Waals surface area contributed by atoms with E-state index in [4.69, 9.17) is 10.5 Å². The minimum atomic E-state index is -0.783. The third-order valence-corrected chi connectivity index (χ3v) is 7.62. The van der Waals surface area contributed by atoms with Crippen LogP contribution in [0.1, 0.15) is 34.8 Å². The first-order valence-electron chi connectivity index (χ1n) is 14.9. The zero-order valence-corrected chi connectivity index (χ0v) is 24.6. The number of amides is 2. The topological polar surface area (TPSA) is 121 Å². The number of hydrogen-bond acceptors (Lipinski definition) is 5. The molecule has 5 rings (SSSR count). The maximum atomic E-state index is 12.1. The molecule has 0 saturated carbocycles. The molecule has 0 saturated heterocycles. The number of carbonyl (C=O) groups excluding carboxylic acids is 1. The molecule has 0 aliphatic heterocycles. The standard InChI is InChI=1S/C36H38N4O4/c37-36(43)40(23-7-12-26-8-3-1-4-9-26)29-15-13-27(14-16-29)21-22-38-24-32(41)30-17-19-33(35-31(30)18-20-34(42)39-35)44-25-28-10-5-2-6-11-28/h1-6,8-11,13-20,32,38,41H,7,12,21-25H2,(H2,37,43)(H,39,42)/t32-/m0/s1. The number of benzene rings is 4. The van der Waals surface area contributed by atoms with Crippen molar-refractivity contribution in [1.29, 1.82) is 0 Å². The summed E-state index contributed by atoms with van der Waals surface area (Å²) in [6, 6.07) is 34.2. The number of anilines is 1. The van der Waals surface area contributed by atoms with Gasteiger partial charge in [-0.15, -0.1) is 0 Å². The van der Waals surface area contributed by atoms with Crippen LogP contribution in [0.4, 0.5) is 10.5 Å². The molecule has 0 unspecified atom stereocenters. The van der Waals surface area contributed by atoms with Crippen molar-refractivity contribution in [3.63, 3.8) is 0 Å². The third kappa shape index (κ3) is 8.12. The van der Waals surface area contributed by atoms with Gasteiger partial charge < -0.3 is 25.9 Å². The summed E-state index contributed by atoms with van der Waals surface area (Å²) in [5.41, 5.74) is 10.9. The molecule has 0 spiro atoms. The quantitative estimate of drug-likeness (QED) is 0.128. The number of nitrogens with two attached hydrogens (primary N) is 1. The number of primary amides is 1. The van der Waals surface area contributed by atoms with Gasteiger partial charge in [0.15, 0.2) is 0 Å². The lowest BCUT2D eigenvalue weighted by Gasteiger charge is -2.21. The van der Waals surface area contributed by atoms with Gasteiger partial charge in [-0.2, -0.15) is 0 Å². The molecule has 8 nitrogen and oxygen atoms in total. The van der Waals surface area contributed by atoms with Crippen LogP contribution in [-0.4, -0.2) is 35.8 Å². The molecule has 1 atom stereocenters. The van der Waals surface area contributed by atoms with E-state index in [1.807, 2.05) is 78.9 Å². The zero-order chi connectivity index (χ0) is 30.7. The van der Waals surface area contributed by atoms with E-state index in [0.717, 1.165) is 41.5 Å². The number of H-pyrrole nitrogens is 1. The Balaban J connectivity index is 1.14. The van der Waals surface area contributed by atoms with Gasteiger partial charge in [-0.25, -0.2) is 4.79 Å². The van der Waals surface area contributed by atoms with Crippen LogP contribution in [-0.2, 0) is 19.4 Å². The molecule has 226 valence electrons. The maximum Gasteiger partial charge on any atom is 0.319 e. The summed E-state index contributed by atoms with van der Waals surface area (Å²) >= 11 is 0. The van der Waals surface area contributed by atoms with E-state index in [2.05, 4.69) is 22.4 Å². The third-order valence-electron chi connectivity index (χ3n) is 7.62. The summed E-state index contributed by atoms with van der Waals surface area (Å²) in [4.78, 5) is 28.7. The number of carbonyl (C=O) groups is 1. The monoisotopic (exact) mass is 590 g/mol. The first-order valence-corrected chi connectivity index (χ1v) is 14.9. The highest BCUT2D eigenvalue weighted by molar-refractivity contribution is 5.90. The number of fused-ring (bicyclic) bond motifs is 1. The summed E-state index contributed by atoms with van der Waals surface area (Å²) in [7, 11) is 0. The Labute approximate surface area is 257 Å². The fourth-order valence-corrected chi connectivity index (χ4v) is 5.27. The van der Waals surface area contributed by atoms with Crippen LogP contribution < -0.4 is 26.2 Å². The molecule has 2 amide bonds. The number of nitrogens with zero attached hydrogens (tertiary/aromatic N) is 1. The van der Waals surface area contributed by atoms with Crippen molar-refractivity contribution >= 4 is 22.6 Å². The molecule has 44 heavy (non-hydrogen) atoms. The normalized spacial score (nSPS) is 11.8. The highest BCUT2D eigenvalue weighted by Gasteiger charge is 2.16. The number of aliphatic hydroxyl groups is 1. The Morgan fingerprint density at radius 2 is 1.52 bits per heavy atom. The van der Waals surface area contributed by atoms with Crippen LogP contribution in [0.2, 0.25) is 0 Å². The van der Waals surface area contributed by atoms with E-state index in [-0.39, 0.29) is 5.56 Å². The number of aromatic nitrogens is 1. The van der Waals surface area contributed by atoms with Crippen molar-refractivity contribution in [3.8, 4) is 5.75 Å². The van der Waals surface area contributed by atoms with E-state index in [1.54, 1.807) is 17.0 Å². The van der Waals surface area contributed by atoms with Crippen LogP contribution >= 0.6 is 0 Å². The van der Waals surface area contributed by atoms with Crippen molar-refractivity contribution in [1.82, 2.24) is 10.3 Å². The molecule has 8 heteroatoms. The van der Waals surface area contributed by atoms with Crippen molar-refractivity contribution in [2.24, 2.45) is 5.73 Å². The number of ether oxygens (including phenoxy) is 1. The molecule has 4 aromatic carbocycles. The average Bonchev–Trinajstić information content (AvgIpc) is 3.05. The molecule has 0 aliphatic rings. The number of aryl methyl sites for hydroxylation is 1. The highest BCUT2D eigenvalue weighted by atomic mass is 16.5. The highest BCUT2D eigenvalue weighted by Crippen LogP contribution is 2.30. The van der Waals surface area contributed by atoms with Crippen LogP contribution in [0.15, 0.2) is 114 Å². The molecular formula is C36H38N4O4. The number of rotatable bonds is 14. The average molecular weight is 591 g/mol. The SMILES string of the molecule is NC(=O)N(CCCc1ccccc1)c1ccc(CCNC[C@H](O)c2ccc(OCc3ccccc3)c3[nH]c(=O)ccc23)cc1. The van der Waals surface area contributed by atoms with Gasteiger partial charge in [0, 0.05) is 30.2 Å². The molecule has 0 bridgehead atoms. The van der Waals surface area contributed by atoms with Gasteiger partial charge in [-0.05, 0) is 72.3 Å². The summed E-state index contributed by atoms with van der Waals surface area (Å²) in [5.74, 6) is 0.556. The van der Waals surface area contributed by atoms with E-state index in [1.165, 1.54) is 11.6 Å². The molecular weight excluding hydrogens is 552 g/mol. The van der Waals surface area contributed by atoms with E-state index in [0.29, 0.717) is 43.1 Å². The number of aromatic amines is 1. The second kappa shape index (κ2) is 15.0. The summed E-state index contributed by atoms with van der Waals surface area (Å²) in [6.07, 6.45) is 1.65. The second-order valence-corrected chi connectivity index (χ2v) is 10.8. The molecule has 5 aromatic rings. The predicted molar refractivity (Wildman–Crippen MR) is 175 cm³/mol. The van der Waals surface area contributed by atoms with Crippen LogP contribution in [0.3, 0.4) is 0 Å². The fourth-order valence-electron chi connectivity index (χ4n) is 5.27. The zero-order valence-electron chi connectivity index (χ0n) is 24.6. The largest absolute Gasteiger partial charge is 0.487 e. The summed E-state index contributed by atoms with van der Waals surface area (Å²) in [6.45, 7) is 1.91. The lowest BCUT2D eigenvalue weighted by atomic mass is 10.0. The van der Waals surface area contributed by atoms with E-state index in [9.17, 15) is 14.7 Å². The van der Waals surface area contributed by atoms with Gasteiger partial charge >= 0.3 is 6.03 Å². The lowest BCUT2D eigenvalue weighted by molar-refractivity contribution is 0.176. The number of pyridine rings is 1. The first kappa shape index (κ1) is 30.5. The van der Waals surface area contributed by atoms with Gasteiger partial charge in [0.1, 0.15) is 12.4 Å². The van der Waals surface area contributed by atoms with Crippen LogP contribution in [0.25, 0.3) is 10.9 Å². The first-order chi connectivity index (χ1) is 21.5. The van der Waals surface area contributed by atoms with Crippen LogP contribution in [0.5, 0.6) is 5.75 Å². The molecule has 0 aliphatic carbocycles. The van der Waals surface area contributed by atoms with Gasteiger partial charge in [0.2, 0.25) is 5.56 Å². The molecule has 5 N–H and O–H groups in total. The van der Waals surface area contributed by atoms with Crippen LogP contribution in [0, 0.1) is 0 Å². The number of hydrogen-bond donors (Lipinski definition) is 4. The molecule has 1 aromatic heterocycles. The Morgan fingerprint density at radius 3 is 2.23 bits per heavy atom. The smallest absolute Gasteiger partial charge is 0.319 e. The minimum absolute atomic E-state index is 0.232. The molecule has 0 fully saturated rings. The Kier molecular flexibility index (Phi) is 10.4. The number of urea groups is 1. The van der Waals surface area contributed by atoms with Gasteiger partial charge in [-0.1, -0.05) is 78.9 Å². The Morgan fingerprint density at radius 1 is 0.841 bits per heavy atom. The summed E-state index contributed by atoms with van der Waals surface area (Å²) in [5, 5.41) is 15.1. The van der Waals surface area contributed by atoms with E-state index >= 15 is 0 Å². The van der Waals surface area contributed by atoms with E-state index < -0.39 is 12.1 Å². The van der Waals surface area contributed by atoms with Gasteiger partial charge in [0.25, 0.3) is 0 Å². The number of aliphatic hydroxyl groups excluding tert-OH is 1. The molecule has 0 radical (unpaired) electrons. The minimum Gasteiger partial charge on any atom is -0.487 e. The Bertz CT molecular complexity index is 1710. The number of nitrogens with one attached hydrogen (secondary N) is 2. The summed E-state index contributed by atoms with van der Waals surface area (Å²) < 4.78 is 6.02. The fraction of sp³-hybridized carbons (Fsp3) is 0.222. The second-order valence-electron chi connectivity index (χ2n) is 10.8.